The highest BCUT2D eigenvalue weighted by Gasteiger charge is 2.06. The molecule has 0 N–H and O–H groups in total. The number of aromatic nitrogens is 3. The van der Waals surface area contributed by atoms with Crippen molar-refractivity contribution >= 4 is 21.6 Å². The van der Waals surface area contributed by atoms with Gasteiger partial charge in [-0.3, -0.25) is 0 Å². The topological polar surface area (TPSA) is 30.7 Å². The second-order valence-corrected chi connectivity index (χ2v) is 5.41. The molecule has 2 aromatic heterocycles. The molecule has 1 aromatic carbocycles. The summed E-state index contributed by atoms with van der Waals surface area (Å²) in [5.41, 5.74) is 1.09. The minimum atomic E-state index is 0.828. The molecule has 0 spiro atoms. The molecular weight excluding hydrogens is 242 g/mol. The SMILES string of the molecule is CCCc1nccn1Cc1nc2ccccc2s1. The minimum absolute atomic E-state index is 0.828. The Morgan fingerprint density at radius 3 is 3.00 bits per heavy atom. The Bertz CT molecular complexity index is 621. The number of aryl methyl sites for hydroxylation is 1. The zero-order valence-electron chi connectivity index (χ0n) is 10.3. The summed E-state index contributed by atoms with van der Waals surface area (Å²) in [6, 6.07) is 8.28. The standard InChI is InChI=1S/C14H15N3S/c1-2-5-13-15-8-9-17(13)10-14-16-11-6-3-4-7-12(11)18-14/h3-4,6-9H,2,5,10H2,1H3. The molecule has 0 aliphatic rings. The van der Waals surface area contributed by atoms with Crippen LogP contribution >= 0.6 is 11.3 Å². The van der Waals surface area contributed by atoms with Crippen molar-refractivity contribution in [3.63, 3.8) is 0 Å². The van der Waals surface area contributed by atoms with Crippen molar-refractivity contribution in [1.82, 2.24) is 14.5 Å². The van der Waals surface area contributed by atoms with Crippen molar-refractivity contribution in [2.45, 2.75) is 26.3 Å². The van der Waals surface area contributed by atoms with Crippen LogP contribution in [0.5, 0.6) is 0 Å². The number of fused-ring (bicyclic) bond motifs is 1. The molecule has 3 nitrogen and oxygen atoms in total. The molecule has 0 atom stereocenters. The van der Waals surface area contributed by atoms with Crippen molar-refractivity contribution in [3.05, 3.63) is 47.5 Å². The van der Waals surface area contributed by atoms with Gasteiger partial charge in [-0.15, -0.1) is 11.3 Å². The number of imidazole rings is 1. The lowest BCUT2D eigenvalue weighted by Crippen LogP contribution is -2.03. The van der Waals surface area contributed by atoms with Gasteiger partial charge in [-0.1, -0.05) is 19.1 Å². The molecule has 0 aliphatic heterocycles. The van der Waals surface area contributed by atoms with Gasteiger partial charge in [0.05, 0.1) is 16.8 Å². The molecule has 3 aromatic rings. The smallest absolute Gasteiger partial charge is 0.114 e. The first kappa shape index (κ1) is 11.4. The highest BCUT2D eigenvalue weighted by atomic mass is 32.1. The molecule has 0 saturated carbocycles. The van der Waals surface area contributed by atoms with Gasteiger partial charge in [0.15, 0.2) is 0 Å². The molecule has 3 rings (SSSR count). The second kappa shape index (κ2) is 4.90. The van der Waals surface area contributed by atoms with Gasteiger partial charge in [0, 0.05) is 18.8 Å². The van der Waals surface area contributed by atoms with Crippen LogP contribution in [0.3, 0.4) is 0 Å². The van der Waals surface area contributed by atoms with E-state index in [4.69, 9.17) is 0 Å². The zero-order chi connectivity index (χ0) is 12.4. The predicted octanol–water partition coefficient (Wildman–Crippen LogP) is 3.49. The van der Waals surface area contributed by atoms with Gasteiger partial charge in [-0.2, -0.15) is 0 Å². The Labute approximate surface area is 110 Å². The first-order valence-electron chi connectivity index (χ1n) is 6.21. The predicted molar refractivity (Wildman–Crippen MR) is 74.9 cm³/mol. The number of benzene rings is 1. The molecule has 18 heavy (non-hydrogen) atoms. The third-order valence-corrected chi connectivity index (χ3v) is 3.94. The van der Waals surface area contributed by atoms with Gasteiger partial charge in [-0.25, -0.2) is 9.97 Å². The van der Waals surface area contributed by atoms with E-state index in [2.05, 4.69) is 39.7 Å². The maximum Gasteiger partial charge on any atom is 0.114 e. The van der Waals surface area contributed by atoms with Gasteiger partial charge in [-0.05, 0) is 18.6 Å². The largest absolute Gasteiger partial charge is 0.328 e. The van der Waals surface area contributed by atoms with Crippen LogP contribution in [0.4, 0.5) is 0 Å². The Balaban J connectivity index is 1.89. The fourth-order valence-corrected chi connectivity index (χ4v) is 3.04. The quantitative estimate of drug-likeness (QED) is 0.716. The van der Waals surface area contributed by atoms with Crippen molar-refractivity contribution < 1.29 is 0 Å². The third kappa shape index (κ3) is 2.16. The van der Waals surface area contributed by atoms with E-state index in [-0.39, 0.29) is 0 Å². The van der Waals surface area contributed by atoms with E-state index in [1.165, 1.54) is 4.70 Å². The van der Waals surface area contributed by atoms with Gasteiger partial charge >= 0.3 is 0 Å². The summed E-state index contributed by atoms with van der Waals surface area (Å²) in [4.78, 5) is 9.05. The summed E-state index contributed by atoms with van der Waals surface area (Å²) in [6.45, 7) is 3.01. The Morgan fingerprint density at radius 1 is 1.28 bits per heavy atom. The monoisotopic (exact) mass is 257 g/mol. The normalized spacial score (nSPS) is 11.2. The average Bonchev–Trinajstić information content (AvgIpc) is 2.97. The van der Waals surface area contributed by atoms with Crippen LogP contribution in [0.1, 0.15) is 24.2 Å². The average molecular weight is 257 g/mol. The van der Waals surface area contributed by atoms with Crippen LogP contribution in [0.2, 0.25) is 0 Å². The van der Waals surface area contributed by atoms with E-state index in [0.717, 1.165) is 35.7 Å². The van der Waals surface area contributed by atoms with Crippen molar-refractivity contribution in [2.24, 2.45) is 0 Å². The number of rotatable bonds is 4. The van der Waals surface area contributed by atoms with Crippen LogP contribution in [0.15, 0.2) is 36.7 Å². The van der Waals surface area contributed by atoms with E-state index in [1.54, 1.807) is 11.3 Å². The fourth-order valence-electron chi connectivity index (χ4n) is 2.07. The van der Waals surface area contributed by atoms with Gasteiger partial charge in [0.25, 0.3) is 0 Å². The van der Waals surface area contributed by atoms with Crippen LogP contribution in [-0.2, 0) is 13.0 Å². The number of hydrogen-bond acceptors (Lipinski definition) is 3. The first-order chi connectivity index (χ1) is 8.86. The summed E-state index contributed by atoms with van der Waals surface area (Å²) in [7, 11) is 0. The third-order valence-electron chi connectivity index (χ3n) is 2.92. The molecule has 0 amide bonds. The highest BCUT2D eigenvalue weighted by Crippen LogP contribution is 2.22. The lowest BCUT2D eigenvalue weighted by Gasteiger charge is -2.03. The lowest BCUT2D eigenvalue weighted by molar-refractivity contribution is 0.703. The summed E-state index contributed by atoms with van der Waals surface area (Å²) in [5, 5.41) is 1.14. The maximum absolute atomic E-state index is 4.66. The molecular formula is C14H15N3S. The summed E-state index contributed by atoms with van der Waals surface area (Å²) in [5.74, 6) is 1.15. The zero-order valence-corrected chi connectivity index (χ0v) is 11.2. The fraction of sp³-hybridized carbons (Fsp3) is 0.286. The summed E-state index contributed by atoms with van der Waals surface area (Å²) >= 11 is 1.76. The second-order valence-electron chi connectivity index (χ2n) is 4.30. The lowest BCUT2D eigenvalue weighted by atomic mass is 10.3. The van der Waals surface area contributed by atoms with E-state index >= 15 is 0 Å². The van der Waals surface area contributed by atoms with Crippen molar-refractivity contribution in [2.75, 3.05) is 0 Å². The van der Waals surface area contributed by atoms with E-state index < -0.39 is 0 Å². The van der Waals surface area contributed by atoms with Crippen molar-refractivity contribution in [1.29, 1.82) is 0 Å². The Hall–Kier alpha value is -1.68. The van der Waals surface area contributed by atoms with Gasteiger partial charge < -0.3 is 4.57 Å². The highest BCUT2D eigenvalue weighted by molar-refractivity contribution is 7.18. The van der Waals surface area contributed by atoms with E-state index in [0.29, 0.717) is 0 Å². The molecule has 92 valence electrons. The van der Waals surface area contributed by atoms with Crippen LogP contribution < -0.4 is 0 Å². The number of para-hydroxylation sites is 1. The number of thiazole rings is 1. The Kier molecular flexibility index (Phi) is 3.11. The first-order valence-corrected chi connectivity index (χ1v) is 7.03. The number of nitrogens with zero attached hydrogens (tertiary/aromatic N) is 3. The van der Waals surface area contributed by atoms with E-state index in [1.807, 2.05) is 18.5 Å². The molecule has 2 heterocycles. The minimum Gasteiger partial charge on any atom is -0.328 e. The number of hydrogen-bond donors (Lipinski definition) is 0. The van der Waals surface area contributed by atoms with Crippen molar-refractivity contribution in [3.8, 4) is 0 Å². The molecule has 0 radical (unpaired) electrons. The maximum atomic E-state index is 4.66. The Morgan fingerprint density at radius 2 is 2.17 bits per heavy atom. The van der Waals surface area contributed by atoms with Crippen LogP contribution in [0.25, 0.3) is 10.2 Å². The molecule has 4 heteroatoms. The van der Waals surface area contributed by atoms with Crippen LogP contribution in [0, 0.1) is 0 Å². The van der Waals surface area contributed by atoms with Crippen LogP contribution in [-0.4, -0.2) is 14.5 Å². The molecule has 0 bridgehead atoms. The molecule has 0 aliphatic carbocycles. The summed E-state index contributed by atoms with van der Waals surface area (Å²) < 4.78 is 3.45. The summed E-state index contributed by atoms with van der Waals surface area (Å²) in [6.07, 6.45) is 6.06. The molecule has 0 unspecified atom stereocenters. The van der Waals surface area contributed by atoms with Gasteiger partial charge in [0.2, 0.25) is 0 Å². The van der Waals surface area contributed by atoms with Gasteiger partial charge in [0.1, 0.15) is 10.8 Å². The molecule has 0 fully saturated rings. The molecule has 0 saturated heterocycles. The van der Waals surface area contributed by atoms with E-state index in [9.17, 15) is 0 Å².